The van der Waals surface area contributed by atoms with Crippen molar-refractivity contribution in [3.63, 3.8) is 0 Å². The third-order valence-electron chi connectivity index (χ3n) is 3.44. The van der Waals surface area contributed by atoms with Gasteiger partial charge in [-0.1, -0.05) is 6.42 Å². The Hall–Kier alpha value is -0.620. The lowest BCUT2D eigenvalue weighted by Gasteiger charge is -2.41. The normalized spacial score (nSPS) is 18.0. The van der Waals surface area contributed by atoms with Gasteiger partial charge in [0.2, 0.25) is 0 Å². The molecule has 1 aromatic carbocycles. The van der Waals surface area contributed by atoms with Crippen LogP contribution in [0.5, 0.6) is 0 Å². The molecule has 1 saturated carbocycles. The van der Waals surface area contributed by atoms with E-state index in [4.69, 9.17) is 5.73 Å². The molecule has 0 atom stereocenters. The van der Waals surface area contributed by atoms with Gasteiger partial charge in [-0.15, -0.1) is 0 Å². The van der Waals surface area contributed by atoms with Crippen LogP contribution in [-0.4, -0.2) is 6.54 Å². The summed E-state index contributed by atoms with van der Waals surface area (Å²) in [4.78, 5) is 0. The van der Waals surface area contributed by atoms with Gasteiger partial charge < -0.3 is 5.73 Å². The number of halogens is 5. The van der Waals surface area contributed by atoms with Crippen LogP contribution in [0.3, 0.4) is 0 Å². The maximum atomic E-state index is 13.7. The first-order valence-electron chi connectivity index (χ1n) is 5.16. The maximum absolute atomic E-state index is 13.7. The Morgan fingerprint density at radius 3 is 1.76 bits per heavy atom. The largest absolute Gasteiger partial charge is 0.330 e. The van der Waals surface area contributed by atoms with Crippen molar-refractivity contribution in [2.24, 2.45) is 5.73 Å². The predicted octanol–water partition coefficient (Wildman–Crippen LogP) is 3.39. The van der Waals surface area contributed by atoms with Crippen LogP contribution < -0.4 is 5.73 Å². The summed E-state index contributed by atoms with van der Waals surface area (Å²) < 4.78 is 53.4. The van der Waals surface area contributed by atoms with Gasteiger partial charge in [0, 0.05) is 17.5 Å². The minimum absolute atomic E-state index is 0.0264. The zero-order chi connectivity index (χ0) is 12.8. The van der Waals surface area contributed by atoms with Crippen molar-refractivity contribution in [3.05, 3.63) is 33.3 Å². The van der Waals surface area contributed by atoms with Crippen molar-refractivity contribution >= 4 is 15.9 Å². The van der Waals surface area contributed by atoms with Crippen molar-refractivity contribution < 1.29 is 17.6 Å². The zero-order valence-corrected chi connectivity index (χ0v) is 10.4. The molecule has 1 aliphatic rings. The molecule has 0 saturated heterocycles. The van der Waals surface area contributed by atoms with E-state index in [2.05, 4.69) is 15.9 Å². The van der Waals surface area contributed by atoms with Gasteiger partial charge in [-0.3, -0.25) is 0 Å². The summed E-state index contributed by atoms with van der Waals surface area (Å²) in [6.45, 7) is -0.0264. The fourth-order valence-electron chi connectivity index (χ4n) is 2.23. The highest BCUT2D eigenvalue weighted by Gasteiger charge is 2.44. The van der Waals surface area contributed by atoms with Gasteiger partial charge in [-0.05, 0) is 28.8 Å². The highest BCUT2D eigenvalue weighted by atomic mass is 79.9. The van der Waals surface area contributed by atoms with Crippen molar-refractivity contribution in [1.29, 1.82) is 0 Å². The van der Waals surface area contributed by atoms with Crippen LogP contribution in [0.15, 0.2) is 4.47 Å². The second-order valence-electron chi connectivity index (χ2n) is 4.28. The van der Waals surface area contributed by atoms with Crippen molar-refractivity contribution in [2.45, 2.75) is 24.7 Å². The molecule has 0 aliphatic heterocycles. The van der Waals surface area contributed by atoms with Crippen LogP contribution in [0, 0.1) is 23.3 Å². The van der Waals surface area contributed by atoms with Gasteiger partial charge in [-0.25, -0.2) is 17.6 Å². The van der Waals surface area contributed by atoms with E-state index in [0.29, 0.717) is 12.8 Å². The van der Waals surface area contributed by atoms with Crippen LogP contribution in [0.25, 0.3) is 0 Å². The van der Waals surface area contributed by atoms with E-state index >= 15 is 0 Å². The van der Waals surface area contributed by atoms with Crippen LogP contribution in [0.1, 0.15) is 24.8 Å². The SMILES string of the molecule is NCC1(c2c(F)c(F)c(Br)c(F)c2F)CCC1. The topological polar surface area (TPSA) is 26.0 Å². The molecule has 1 nitrogen and oxygen atoms in total. The molecule has 0 aromatic heterocycles. The second kappa shape index (κ2) is 4.24. The molecule has 1 fully saturated rings. The summed E-state index contributed by atoms with van der Waals surface area (Å²) in [5.41, 5.74) is 3.97. The molecule has 17 heavy (non-hydrogen) atoms. The van der Waals surface area contributed by atoms with Gasteiger partial charge in [0.15, 0.2) is 23.3 Å². The number of nitrogens with two attached hydrogens (primary N) is 1. The van der Waals surface area contributed by atoms with Gasteiger partial charge in [0.25, 0.3) is 0 Å². The Morgan fingerprint density at radius 2 is 1.47 bits per heavy atom. The molecule has 1 aliphatic carbocycles. The standard InChI is InChI=1S/C11H10BrF4N/c12-6-9(15)7(13)5(8(14)10(6)16)11(4-17)2-1-3-11/h1-4,17H2. The summed E-state index contributed by atoms with van der Waals surface area (Å²) >= 11 is 2.48. The van der Waals surface area contributed by atoms with E-state index in [-0.39, 0.29) is 6.54 Å². The molecule has 0 unspecified atom stereocenters. The first-order chi connectivity index (χ1) is 7.94. The Bertz CT molecular complexity index is 437. The molecule has 94 valence electrons. The summed E-state index contributed by atoms with van der Waals surface area (Å²) in [6, 6.07) is 0. The van der Waals surface area contributed by atoms with E-state index in [1.807, 2.05) is 0 Å². The Kier molecular flexibility index (Phi) is 3.20. The van der Waals surface area contributed by atoms with Crippen molar-refractivity contribution in [2.75, 3.05) is 6.54 Å². The lowest BCUT2D eigenvalue weighted by atomic mass is 9.64. The van der Waals surface area contributed by atoms with E-state index in [0.717, 1.165) is 6.42 Å². The summed E-state index contributed by atoms with van der Waals surface area (Å²) in [7, 11) is 0. The summed E-state index contributed by atoms with van der Waals surface area (Å²) in [5.74, 6) is -5.50. The van der Waals surface area contributed by atoms with E-state index < -0.39 is 38.7 Å². The molecule has 0 amide bonds. The molecule has 0 bridgehead atoms. The third-order valence-corrected chi connectivity index (χ3v) is 4.14. The van der Waals surface area contributed by atoms with Gasteiger partial charge in [-0.2, -0.15) is 0 Å². The first kappa shape index (κ1) is 12.8. The smallest absolute Gasteiger partial charge is 0.176 e. The monoisotopic (exact) mass is 311 g/mol. The second-order valence-corrected chi connectivity index (χ2v) is 5.08. The zero-order valence-electron chi connectivity index (χ0n) is 8.80. The van der Waals surface area contributed by atoms with E-state index in [1.165, 1.54) is 0 Å². The molecule has 0 spiro atoms. The van der Waals surface area contributed by atoms with E-state index in [9.17, 15) is 17.6 Å². The Balaban J connectivity index is 2.69. The number of rotatable bonds is 2. The summed E-state index contributed by atoms with van der Waals surface area (Å²) in [5, 5.41) is 0. The Labute approximate surface area is 104 Å². The maximum Gasteiger partial charge on any atom is 0.176 e. The summed E-state index contributed by atoms with van der Waals surface area (Å²) in [6.07, 6.45) is 1.63. The molecular formula is C11H10BrF4N. The van der Waals surface area contributed by atoms with Crippen LogP contribution in [0.4, 0.5) is 17.6 Å². The van der Waals surface area contributed by atoms with Gasteiger partial charge >= 0.3 is 0 Å². The highest BCUT2D eigenvalue weighted by molar-refractivity contribution is 9.10. The van der Waals surface area contributed by atoms with Crippen molar-refractivity contribution in [1.82, 2.24) is 0 Å². The lowest BCUT2D eigenvalue weighted by Crippen LogP contribution is -2.43. The molecule has 2 N–H and O–H groups in total. The fourth-order valence-corrected chi connectivity index (χ4v) is 2.58. The number of hydrogen-bond acceptors (Lipinski definition) is 1. The minimum Gasteiger partial charge on any atom is -0.330 e. The van der Waals surface area contributed by atoms with Crippen LogP contribution in [-0.2, 0) is 5.41 Å². The molecule has 6 heteroatoms. The molecular weight excluding hydrogens is 302 g/mol. The number of benzene rings is 1. The first-order valence-corrected chi connectivity index (χ1v) is 5.96. The third kappa shape index (κ3) is 1.69. The van der Waals surface area contributed by atoms with Gasteiger partial charge in [0.05, 0.1) is 4.47 Å². The average Bonchev–Trinajstić information content (AvgIpc) is 2.27. The molecule has 0 heterocycles. The minimum atomic E-state index is -1.40. The van der Waals surface area contributed by atoms with Crippen molar-refractivity contribution in [3.8, 4) is 0 Å². The quantitative estimate of drug-likeness (QED) is 0.506. The van der Waals surface area contributed by atoms with Gasteiger partial charge in [0.1, 0.15) is 0 Å². The average molecular weight is 312 g/mol. The molecule has 2 rings (SSSR count). The predicted molar refractivity (Wildman–Crippen MR) is 58.6 cm³/mol. The highest BCUT2D eigenvalue weighted by Crippen LogP contribution is 2.46. The number of hydrogen-bond donors (Lipinski definition) is 1. The molecule has 0 radical (unpaired) electrons. The molecule has 1 aromatic rings. The fraction of sp³-hybridized carbons (Fsp3) is 0.455. The van der Waals surface area contributed by atoms with Crippen LogP contribution in [0.2, 0.25) is 0 Å². The van der Waals surface area contributed by atoms with Crippen LogP contribution >= 0.6 is 15.9 Å². The van der Waals surface area contributed by atoms with E-state index in [1.54, 1.807) is 0 Å². The lowest BCUT2D eigenvalue weighted by molar-refractivity contribution is 0.228. The Morgan fingerprint density at radius 1 is 1.00 bits per heavy atom.